The molecule has 0 spiro atoms. The SMILES string of the molecule is COc1ccccc1NC(=O)c1cnc([C@@H]2CCCCN2S(=O)(=O)N(C)C)nc1C. The van der Waals surface area contributed by atoms with Crippen LogP contribution in [0.3, 0.4) is 0 Å². The van der Waals surface area contributed by atoms with Gasteiger partial charge in [0.2, 0.25) is 0 Å². The molecule has 1 aliphatic heterocycles. The average molecular weight is 434 g/mol. The molecule has 1 atom stereocenters. The molecule has 1 aliphatic rings. The van der Waals surface area contributed by atoms with E-state index in [-0.39, 0.29) is 5.91 Å². The lowest BCUT2D eigenvalue weighted by Gasteiger charge is -2.35. The molecular weight excluding hydrogens is 406 g/mol. The molecule has 30 heavy (non-hydrogen) atoms. The van der Waals surface area contributed by atoms with Gasteiger partial charge >= 0.3 is 0 Å². The van der Waals surface area contributed by atoms with Crippen LogP contribution in [0.25, 0.3) is 0 Å². The molecule has 2 heterocycles. The number of aromatic nitrogens is 2. The zero-order valence-corrected chi connectivity index (χ0v) is 18.4. The van der Waals surface area contributed by atoms with E-state index < -0.39 is 16.3 Å². The van der Waals surface area contributed by atoms with E-state index in [1.807, 2.05) is 6.07 Å². The molecule has 1 fully saturated rings. The van der Waals surface area contributed by atoms with Crippen LogP contribution in [-0.4, -0.2) is 60.7 Å². The second kappa shape index (κ2) is 9.07. The fourth-order valence-electron chi connectivity index (χ4n) is 3.46. The van der Waals surface area contributed by atoms with Gasteiger partial charge in [-0.1, -0.05) is 18.6 Å². The molecule has 3 rings (SSSR count). The second-order valence-corrected chi connectivity index (χ2v) is 9.39. The van der Waals surface area contributed by atoms with Crippen molar-refractivity contribution in [3.8, 4) is 5.75 Å². The molecule has 0 unspecified atom stereocenters. The van der Waals surface area contributed by atoms with Crippen LogP contribution >= 0.6 is 0 Å². The van der Waals surface area contributed by atoms with Crippen LogP contribution in [0.15, 0.2) is 30.5 Å². The van der Waals surface area contributed by atoms with E-state index in [1.165, 1.54) is 36.0 Å². The number of ether oxygens (including phenoxy) is 1. The van der Waals surface area contributed by atoms with E-state index >= 15 is 0 Å². The Morgan fingerprint density at radius 1 is 1.27 bits per heavy atom. The van der Waals surface area contributed by atoms with Gasteiger partial charge < -0.3 is 10.1 Å². The summed E-state index contributed by atoms with van der Waals surface area (Å²) in [5.41, 5.74) is 1.35. The standard InChI is InChI=1S/C20H27N5O4S/c1-14-15(20(26)23-16-9-5-6-11-18(16)29-4)13-21-19(22-14)17-10-7-8-12-25(17)30(27,28)24(2)3/h5-6,9,11,13,17H,7-8,10,12H2,1-4H3,(H,23,26)/t17-/m0/s1. The maximum atomic E-state index is 12.7. The van der Waals surface area contributed by atoms with Crippen molar-refractivity contribution >= 4 is 21.8 Å². The number of aryl methyl sites for hydroxylation is 1. The van der Waals surface area contributed by atoms with Crippen molar-refractivity contribution in [2.45, 2.75) is 32.2 Å². The maximum Gasteiger partial charge on any atom is 0.282 e. The van der Waals surface area contributed by atoms with Crippen LogP contribution in [0.1, 0.15) is 47.2 Å². The Kier molecular flexibility index (Phi) is 6.69. The number of amides is 1. The van der Waals surface area contributed by atoms with Crippen LogP contribution in [-0.2, 0) is 10.2 Å². The minimum absolute atomic E-state index is 0.322. The Balaban J connectivity index is 1.86. The van der Waals surface area contributed by atoms with Gasteiger partial charge in [0.15, 0.2) is 0 Å². The van der Waals surface area contributed by atoms with Gasteiger partial charge in [0.25, 0.3) is 16.1 Å². The van der Waals surface area contributed by atoms with E-state index in [0.29, 0.717) is 41.5 Å². The zero-order valence-electron chi connectivity index (χ0n) is 17.6. The van der Waals surface area contributed by atoms with Crippen molar-refractivity contribution in [1.82, 2.24) is 18.6 Å². The Hall–Kier alpha value is -2.56. The van der Waals surface area contributed by atoms with E-state index in [9.17, 15) is 13.2 Å². The van der Waals surface area contributed by atoms with Crippen LogP contribution in [0.5, 0.6) is 5.75 Å². The molecule has 1 N–H and O–H groups in total. The number of rotatable bonds is 6. The van der Waals surface area contributed by atoms with Crippen molar-refractivity contribution < 1.29 is 17.9 Å². The van der Waals surface area contributed by atoms with E-state index in [4.69, 9.17) is 4.74 Å². The summed E-state index contributed by atoms with van der Waals surface area (Å²) in [6, 6.07) is 6.66. The summed E-state index contributed by atoms with van der Waals surface area (Å²) in [5.74, 6) is 0.601. The molecule has 0 radical (unpaired) electrons. The fraction of sp³-hybridized carbons (Fsp3) is 0.450. The lowest BCUT2D eigenvalue weighted by Crippen LogP contribution is -2.45. The number of hydrogen-bond donors (Lipinski definition) is 1. The average Bonchev–Trinajstić information content (AvgIpc) is 2.73. The smallest absolute Gasteiger partial charge is 0.282 e. The summed E-state index contributed by atoms with van der Waals surface area (Å²) >= 11 is 0. The summed E-state index contributed by atoms with van der Waals surface area (Å²) in [6.45, 7) is 2.14. The molecule has 0 bridgehead atoms. The molecule has 1 aromatic carbocycles. The number of hydrogen-bond acceptors (Lipinski definition) is 6. The second-order valence-electron chi connectivity index (χ2n) is 7.29. The minimum atomic E-state index is -3.59. The molecule has 2 aromatic rings. The van der Waals surface area contributed by atoms with Crippen molar-refractivity contribution in [3.05, 3.63) is 47.5 Å². The molecular formula is C20H27N5O4S. The Labute approximate surface area is 177 Å². The predicted octanol–water partition coefficient (Wildman–Crippen LogP) is 2.38. The molecule has 9 nitrogen and oxygen atoms in total. The molecule has 1 aromatic heterocycles. The van der Waals surface area contributed by atoms with Crippen molar-refractivity contribution in [1.29, 1.82) is 0 Å². The van der Waals surface area contributed by atoms with Gasteiger partial charge in [-0.3, -0.25) is 4.79 Å². The van der Waals surface area contributed by atoms with Gasteiger partial charge in [0.1, 0.15) is 11.6 Å². The Morgan fingerprint density at radius 2 is 2.00 bits per heavy atom. The first kappa shape index (κ1) is 22.1. The molecule has 10 heteroatoms. The summed E-state index contributed by atoms with van der Waals surface area (Å²) in [4.78, 5) is 21.6. The van der Waals surface area contributed by atoms with Gasteiger partial charge in [-0.25, -0.2) is 9.97 Å². The third kappa shape index (κ3) is 4.45. The van der Waals surface area contributed by atoms with Crippen LogP contribution in [0, 0.1) is 6.92 Å². The fourth-order valence-corrected chi connectivity index (χ4v) is 4.76. The van der Waals surface area contributed by atoms with Gasteiger partial charge in [-0.2, -0.15) is 17.0 Å². The van der Waals surface area contributed by atoms with Crippen molar-refractivity contribution in [3.63, 3.8) is 0 Å². The normalized spacial score (nSPS) is 17.7. The van der Waals surface area contributed by atoms with E-state index in [0.717, 1.165) is 12.8 Å². The number of nitrogens with zero attached hydrogens (tertiary/aromatic N) is 4. The predicted molar refractivity (Wildman–Crippen MR) is 114 cm³/mol. The third-order valence-corrected chi connectivity index (χ3v) is 7.06. The van der Waals surface area contributed by atoms with Crippen molar-refractivity contribution in [2.75, 3.05) is 33.1 Å². The highest BCUT2D eigenvalue weighted by Gasteiger charge is 2.36. The topological polar surface area (TPSA) is 105 Å². The number of carbonyl (C=O) groups is 1. The Morgan fingerprint density at radius 3 is 2.67 bits per heavy atom. The third-order valence-electron chi connectivity index (χ3n) is 5.11. The molecule has 1 amide bonds. The summed E-state index contributed by atoms with van der Waals surface area (Å²) < 4.78 is 33.3. The molecule has 162 valence electrons. The molecule has 0 aliphatic carbocycles. The summed E-state index contributed by atoms with van der Waals surface area (Å²) in [7, 11) is 0.967. The van der Waals surface area contributed by atoms with Crippen LogP contribution < -0.4 is 10.1 Å². The molecule has 1 saturated heterocycles. The number of methoxy groups -OCH3 is 1. The van der Waals surface area contributed by atoms with E-state index in [2.05, 4.69) is 15.3 Å². The van der Waals surface area contributed by atoms with Gasteiger partial charge in [0.05, 0.1) is 30.1 Å². The minimum Gasteiger partial charge on any atom is -0.495 e. The number of nitrogens with one attached hydrogen (secondary N) is 1. The molecule has 0 saturated carbocycles. The Bertz CT molecular complexity index is 1030. The van der Waals surface area contributed by atoms with Crippen LogP contribution in [0.2, 0.25) is 0 Å². The lowest BCUT2D eigenvalue weighted by atomic mass is 10.0. The lowest BCUT2D eigenvalue weighted by molar-refractivity contribution is 0.102. The number of para-hydroxylation sites is 2. The van der Waals surface area contributed by atoms with Crippen molar-refractivity contribution in [2.24, 2.45) is 0 Å². The quantitative estimate of drug-likeness (QED) is 0.750. The number of piperidine rings is 1. The number of anilines is 1. The number of carbonyl (C=O) groups excluding carboxylic acids is 1. The largest absolute Gasteiger partial charge is 0.495 e. The summed E-state index contributed by atoms with van der Waals surface area (Å²) in [6.07, 6.45) is 3.78. The highest BCUT2D eigenvalue weighted by Crippen LogP contribution is 2.32. The van der Waals surface area contributed by atoms with Gasteiger partial charge in [-0.05, 0) is 31.9 Å². The number of benzene rings is 1. The first-order valence-corrected chi connectivity index (χ1v) is 11.1. The monoisotopic (exact) mass is 433 g/mol. The summed E-state index contributed by atoms with van der Waals surface area (Å²) in [5, 5.41) is 2.81. The van der Waals surface area contributed by atoms with E-state index in [1.54, 1.807) is 25.1 Å². The maximum absolute atomic E-state index is 12.7. The zero-order chi connectivity index (χ0) is 21.9. The highest BCUT2D eigenvalue weighted by molar-refractivity contribution is 7.86. The highest BCUT2D eigenvalue weighted by atomic mass is 32.2. The van der Waals surface area contributed by atoms with Gasteiger partial charge in [-0.15, -0.1) is 0 Å². The van der Waals surface area contributed by atoms with Gasteiger partial charge in [0, 0.05) is 26.8 Å². The first-order valence-electron chi connectivity index (χ1n) is 9.73. The van der Waals surface area contributed by atoms with Crippen LogP contribution in [0.4, 0.5) is 5.69 Å². The first-order chi connectivity index (χ1) is 14.3.